The summed E-state index contributed by atoms with van der Waals surface area (Å²) in [6, 6.07) is 0.762. The maximum atomic E-state index is 12.2. The van der Waals surface area contributed by atoms with Crippen molar-refractivity contribution in [3.8, 4) is 0 Å². The molecule has 3 aliphatic rings. The normalized spacial score (nSPS) is 37.4. The van der Waals surface area contributed by atoms with Crippen LogP contribution < -0.4 is 16.0 Å². The van der Waals surface area contributed by atoms with Crippen molar-refractivity contribution in [2.75, 3.05) is 19.7 Å². The van der Waals surface area contributed by atoms with Crippen LogP contribution in [0.25, 0.3) is 0 Å². The molecule has 3 rings (SSSR count). The van der Waals surface area contributed by atoms with Gasteiger partial charge in [-0.05, 0) is 53.0 Å². The minimum absolute atomic E-state index is 0.108. The molecule has 6 nitrogen and oxygen atoms in total. The second-order valence-electron chi connectivity index (χ2n) is 8.05. The van der Waals surface area contributed by atoms with Gasteiger partial charge >= 0.3 is 6.09 Å². The molecule has 1 aliphatic carbocycles. The van der Waals surface area contributed by atoms with Crippen LogP contribution >= 0.6 is 0 Å². The second-order valence-corrected chi connectivity index (χ2v) is 8.05. The Morgan fingerprint density at radius 1 is 1.22 bits per heavy atom. The zero-order chi connectivity index (χ0) is 16.4. The highest BCUT2D eigenvalue weighted by Gasteiger charge is 2.53. The second kappa shape index (κ2) is 6.95. The van der Waals surface area contributed by atoms with Gasteiger partial charge in [-0.1, -0.05) is 0 Å². The number of rotatable bonds is 3. The van der Waals surface area contributed by atoms with Crippen molar-refractivity contribution in [3.05, 3.63) is 0 Å². The first kappa shape index (κ1) is 17.0. The van der Waals surface area contributed by atoms with Crippen LogP contribution in [-0.4, -0.2) is 55.6 Å². The molecular weight excluding hydrogens is 294 g/mol. The zero-order valence-electron chi connectivity index (χ0n) is 14.6. The summed E-state index contributed by atoms with van der Waals surface area (Å²) in [4.78, 5) is 12.2. The molecule has 6 heteroatoms. The van der Waals surface area contributed by atoms with Gasteiger partial charge in [-0.15, -0.1) is 0 Å². The van der Waals surface area contributed by atoms with E-state index in [1.807, 2.05) is 20.8 Å². The van der Waals surface area contributed by atoms with Crippen molar-refractivity contribution in [1.29, 1.82) is 0 Å². The third-order valence-corrected chi connectivity index (χ3v) is 5.02. The van der Waals surface area contributed by atoms with Gasteiger partial charge in [0.2, 0.25) is 0 Å². The molecule has 1 saturated carbocycles. The molecule has 0 bridgehead atoms. The van der Waals surface area contributed by atoms with E-state index in [1.54, 1.807) is 0 Å². The lowest BCUT2D eigenvalue weighted by molar-refractivity contribution is -0.130. The first-order valence-electron chi connectivity index (χ1n) is 9.02. The van der Waals surface area contributed by atoms with Crippen LogP contribution in [0, 0.1) is 5.92 Å². The maximum Gasteiger partial charge on any atom is 0.407 e. The Morgan fingerprint density at radius 2 is 2.04 bits per heavy atom. The van der Waals surface area contributed by atoms with Crippen LogP contribution in [0.2, 0.25) is 0 Å². The van der Waals surface area contributed by atoms with E-state index in [2.05, 4.69) is 16.0 Å². The van der Waals surface area contributed by atoms with Gasteiger partial charge in [-0.3, -0.25) is 0 Å². The van der Waals surface area contributed by atoms with Crippen molar-refractivity contribution in [3.63, 3.8) is 0 Å². The fraction of sp³-hybridized carbons (Fsp3) is 0.941. The highest BCUT2D eigenvalue weighted by atomic mass is 16.6. The minimum atomic E-state index is -0.466. The van der Waals surface area contributed by atoms with Gasteiger partial charge in [0.15, 0.2) is 0 Å². The van der Waals surface area contributed by atoms with Crippen molar-refractivity contribution in [1.82, 2.24) is 16.0 Å². The summed E-state index contributed by atoms with van der Waals surface area (Å²) < 4.78 is 11.4. The molecule has 2 saturated heterocycles. The molecule has 1 amide bonds. The summed E-state index contributed by atoms with van der Waals surface area (Å²) in [7, 11) is 0. The van der Waals surface area contributed by atoms with E-state index in [9.17, 15) is 4.79 Å². The quantitative estimate of drug-likeness (QED) is 0.732. The number of hydrogen-bond donors (Lipinski definition) is 3. The molecule has 5 unspecified atom stereocenters. The fourth-order valence-electron chi connectivity index (χ4n) is 4.01. The molecule has 132 valence electrons. The van der Waals surface area contributed by atoms with Gasteiger partial charge < -0.3 is 25.4 Å². The lowest BCUT2D eigenvalue weighted by atomic mass is 9.68. The molecule has 0 aromatic heterocycles. The molecule has 23 heavy (non-hydrogen) atoms. The summed E-state index contributed by atoms with van der Waals surface area (Å²) in [6.07, 6.45) is 4.48. The van der Waals surface area contributed by atoms with Crippen LogP contribution in [-0.2, 0) is 9.47 Å². The number of hydrogen-bond acceptors (Lipinski definition) is 5. The van der Waals surface area contributed by atoms with Crippen LogP contribution in [0.4, 0.5) is 4.79 Å². The number of amides is 1. The first-order valence-corrected chi connectivity index (χ1v) is 9.02. The monoisotopic (exact) mass is 325 g/mol. The molecule has 5 atom stereocenters. The van der Waals surface area contributed by atoms with Crippen molar-refractivity contribution >= 4 is 6.09 Å². The van der Waals surface area contributed by atoms with Gasteiger partial charge in [0.1, 0.15) is 5.60 Å². The van der Waals surface area contributed by atoms with Crippen molar-refractivity contribution in [2.45, 2.75) is 76.3 Å². The fourth-order valence-corrected chi connectivity index (χ4v) is 4.01. The summed E-state index contributed by atoms with van der Waals surface area (Å²) in [6.45, 7) is 8.61. The minimum Gasteiger partial charge on any atom is -0.444 e. The van der Waals surface area contributed by atoms with Crippen LogP contribution in [0.3, 0.4) is 0 Å². The third kappa shape index (κ3) is 4.17. The highest BCUT2D eigenvalue weighted by Crippen LogP contribution is 2.38. The number of ether oxygens (including phenoxy) is 2. The van der Waals surface area contributed by atoms with Gasteiger partial charge in [-0.2, -0.15) is 0 Å². The number of nitrogens with one attached hydrogen (secondary N) is 3. The predicted molar refractivity (Wildman–Crippen MR) is 88.4 cm³/mol. The lowest BCUT2D eigenvalue weighted by Crippen LogP contribution is -2.74. The molecule has 0 radical (unpaired) electrons. The largest absolute Gasteiger partial charge is 0.444 e. The topological polar surface area (TPSA) is 71.6 Å². The SMILES string of the molecule is CC(C)(C)OC(=O)NC1C2CCCOC2C1NC1CCCNC1. The van der Waals surface area contributed by atoms with E-state index in [0.29, 0.717) is 12.0 Å². The van der Waals surface area contributed by atoms with E-state index >= 15 is 0 Å². The Bertz CT molecular complexity index is 418. The van der Waals surface area contributed by atoms with Crippen molar-refractivity contribution < 1.29 is 14.3 Å². The molecule has 3 N–H and O–H groups in total. The number of fused-ring (bicyclic) bond motifs is 1. The predicted octanol–water partition coefficient (Wildman–Crippen LogP) is 1.40. The third-order valence-electron chi connectivity index (χ3n) is 5.02. The Kier molecular flexibility index (Phi) is 5.13. The van der Waals surface area contributed by atoms with Gasteiger partial charge in [0.25, 0.3) is 0 Å². The number of alkyl carbamates (subject to hydrolysis) is 1. The van der Waals surface area contributed by atoms with Crippen LogP contribution in [0.1, 0.15) is 46.5 Å². The highest BCUT2D eigenvalue weighted by molar-refractivity contribution is 5.68. The Morgan fingerprint density at radius 3 is 2.74 bits per heavy atom. The number of carbonyl (C=O) groups is 1. The van der Waals surface area contributed by atoms with Crippen molar-refractivity contribution in [2.24, 2.45) is 5.92 Å². The Hall–Kier alpha value is -0.850. The molecular formula is C17H31N3O3. The number of piperidine rings is 1. The van der Waals surface area contributed by atoms with Crippen LogP contribution in [0.5, 0.6) is 0 Å². The summed E-state index contributed by atoms with van der Waals surface area (Å²) >= 11 is 0. The Balaban J connectivity index is 1.59. The van der Waals surface area contributed by atoms with Gasteiger partial charge in [0.05, 0.1) is 18.2 Å². The van der Waals surface area contributed by atoms with E-state index in [-0.39, 0.29) is 24.3 Å². The van der Waals surface area contributed by atoms with E-state index in [1.165, 1.54) is 12.8 Å². The van der Waals surface area contributed by atoms with E-state index in [0.717, 1.165) is 32.5 Å². The lowest BCUT2D eigenvalue weighted by Gasteiger charge is -2.55. The summed E-state index contributed by atoms with van der Waals surface area (Å²) in [5.74, 6) is 0.408. The Labute approximate surface area is 139 Å². The molecule has 0 aromatic rings. The van der Waals surface area contributed by atoms with E-state index in [4.69, 9.17) is 9.47 Å². The molecule has 0 spiro atoms. The summed E-state index contributed by atoms with van der Waals surface area (Å²) in [5, 5.41) is 10.2. The smallest absolute Gasteiger partial charge is 0.407 e. The molecule has 3 fully saturated rings. The summed E-state index contributed by atoms with van der Waals surface area (Å²) in [5.41, 5.74) is -0.466. The number of carbonyl (C=O) groups excluding carboxylic acids is 1. The average molecular weight is 325 g/mol. The molecule has 2 heterocycles. The molecule has 0 aromatic carbocycles. The van der Waals surface area contributed by atoms with E-state index < -0.39 is 5.60 Å². The standard InChI is InChI=1S/C17H31N3O3/c1-17(2,3)23-16(21)20-13-12-7-5-9-22-15(12)14(13)19-11-6-4-8-18-10-11/h11-15,18-19H,4-10H2,1-3H3,(H,20,21). The van der Waals surface area contributed by atoms with Gasteiger partial charge in [-0.25, -0.2) is 4.79 Å². The zero-order valence-corrected chi connectivity index (χ0v) is 14.6. The average Bonchev–Trinajstić information content (AvgIpc) is 2.50. The first-order chi connectivity index (χ1) is 10.9. The maximum absolute atomic E-state index is 12.2. The van der Waals surface area contributed by atoms with Gasteiger partial charge in [0, 0.05) is 25.1 Å². The molecule has 2 aliphatic heterocycles. The van der Waals surface area contributed by atoms with Crippen LogP contribution in [0.15, 0.2) is 0 Å².